The Morgan fingerprint density at radius 2 is 2.00 bits per heavy atom. The quantitative estimate of drug-likeness (QED) is 0.816. The summed E-state index contributed by atoms with van der Waals surface area (Å²) in [6.45, 7) is 1.80. The van der Waals surface area contributed by atoms with Crippen LogP contribution in [-0.4, -0.2) is 18.3 Å². The molecule has 0 radical (unpaired) electrons. The molecule has 0 heterocycles. The van der Waals surface area contributed by atoms with E-state index >= 15 is 0 Å². The lowest BCUT2D eigenvalue weighted by atomic mass is 10.2. The Kier molecular flexibility index (Phi) is 5.14. The highest BCUT2D eigenvalue weighted by Gasteiger charge is 2.18. The fourth-order valence-corrected chi connectivity index (χ4v) is 2.65. The highest BCUT2D eigenvalue weighted by atomic mass is 79.9. The van der Waals surface area contributed by atoms with Crippen molar-refractivity contribution in [2.75, 3.05) is 0 Å². The average molecular weight is 365 g/mol. The second-order valence-electron chi connectivity index (χ2n) is 3.35. The zero-order valence-corrected chi connectivity index (χ0v) is 12.2. The summed E-state index contributed by atoms with van der Waals surface area (Å²) in [6.07, 6.45) is 0.513. The van der Waals surface area contributed by atoms with Crippen molar-refractivity contribution in [2.24, 2.45) is 5.73 Å². The number of amides is 1. The lowest BCUT2D eigenvalue weighted by Crippen LogP contribution is -2.33. The molecule has 0 aliphatic carbocycles. The molecule has 1 unspecified atom stereocenters. The maximum absolute atomic E-state index is 11.1. The number of carbonyl (C=O) groups is 2. The number of hydrogen-bond donors (Lipinski definition) is 1. The van der Waals surface area contributed by atoms with Crippen LogP contribution in [0.1, 0.15) is 23.7 Å². The van der Waals surface area contributed by atoms with E-state index in [4.69, 9.17) is 10.5 Å². The Labute approximate surface area is 116 Å². The van der Waals surface area contributed by atoms with Crippen molar-refractivity contribution < 1.29 is 14.3 Å². The van der Waals surface area contributed by atoms with Crippen molar-refractivity contribution in [3.05, 3.63) is 26.6 Å². The van der Waals surface area contributed by atoms with Crippen molar-refractivity contribution in [1.29, 1.82) is 0 Å². The van der Waals surface area contributed by atoms with Gasteiger partial charge in [0.15, 0.2) is 6.10 Å². The van der Waals surface area contributed by atoms with Gasteiger partial charge in [0, 0.05) is 5.56 Å². The van der Waals surface area contributed by atoms with E-state index in [1.54, 1.807) is 19.1 Å². The van der Waals surface area contributed by atoms with Crippen molar-refractivity contribution in [1.82, 2.24) is 0 Å². The Bertz CT molecular complexity index is 425. The van der Waals surface area contributed by atoms with E-state index in [9.17, 15) is 9.59 Å². The minimum Gasteiger partial charge on any atom is -0.478 e. The van der Waals surface area contributed by atoms with Crippen LogP contribution in [0, 0.1) is 0 Å². The van der Waals surface area contributed by atoms with Gasteiger partial charge in [-0.25, -0.2) is 0 Å². The molecule has 92 valence electrons. The summed E-state index contributed by atoms with van der Waals surface area (Å²) in [7, 11) is 0. The molecule has 0 aliphatic heterocycles. The average Bonchev–Trinajstić information content (AvgIpc) is 2.27. The van der Waals surface area contributed by atoms with Crippen LogP contribution in [0.2, 0.25) is 0 Å². The van der Waals surface area contributed by atoms with Crippen LogP contribution in [0.25, 0.3) is 0 Å². The first kappa shape index (κ1) is 14.2. The molecular formula is C11H11Br2NO3. The number of halogens is 2. The van der Waals surface area contributed by atoms with Crippen LogP contribution in [0.4, 0.5) is 0 Å². The zero-order valence-electron chi connectivity index (χ0n) is 9.07. The van der Waals surface area contributed by atoms with E-state index in [1.807, 2.05) is 0 Å². The molecule has 0 spiro atoms. The molecule has 0 aliphatic rings. The summed E-state index contributed by atoms with van der Waals surface area (Å²) in [5.74, 6) is -0.0630. The van der Waals surface area contributed by atoms with Gasteiger partial charge in [-0.2, -0.15) is 0 Å². The second kappa shape index (κ2) is 6.16. The summed E-state index contributed by atoms with van der Waals surface area (Å²) in [6, 6.07) is 3.22. The molecule has 1 atom stereocenters. The molecule has 1 amide bonds. The van der Waals surface area contributed by atoms with Crippen LogP contribution in [0.3, 0.4) is 0 Å². The second-order valence-corrected chi connectivity index (χ2v) is 5.06. The number of benzene rings is 1. The van der Waals surface area contributed by atoms with Gasteiger partial charge in [-0.3, -0.25) is 9.59 Å². The van der Waals surface area contributed by atoms with E-state index in [-0.39, 0.29) is 0 Å². The highest BCUT2D eigenvalue weighted by Crippen LogP contribution is 2.35. The molecule has 2 N–H and O–H groups in total. The Hall–Kier alpha value is -0.880. The minimum atomic E-state index is -0.690. The van der Waals surface area contributed by atoms with Crippen LogP contribution >= 0.6 is 31.9 Å². The van der Waals surface area contributed by atoms with Gasteiger partial charge in [-0.1, -0.05) is 6.92 Å². The molecule has 1 aromatic carbocycles. The first-order valence-corrected chi connectivity index (χ1v) is 6.48. The van der Waals surface area contributed by atoms with E-state index in [0.29, 0.717) is 26.7 Å². The minimum absolute atomic E-state index is 0.459. The van der Waals surface area contributed by atoms with Gasteiger partial charge in [-0.05, 0) is 50.4 Å². The van der Waals surface area contributed by atoms with E-state index in [1.165, 1.54) is 0 Å². The highest BCUT2D eigenvalue weighted by molar-refractivity contribution is 9.11. The number of ether oxygens (including phenoxy) is 1. The fraction of sp³-hybridized carbons (Fsp3) is 0.273. The van der Waals surface area contributed by atoms with Crippen molar-refractivity contribution >= 4 is 44.1 Å². The predicted octanol–water partition coefficient (Wildman–Crippen LogP) is 2.67. The standard InChI is InChI=1S/C11H11Br2NO3/c1-2-9(11(14)16)17-10-7(12)3-6(5-15)4-8(10)13/h3-5,9H,2H2,1H3,(H2,14,16). The van der Waals surface area contributed by atoms with Crippen LogP contribution in [0.5, 0.6) is 5.75 Å². The number of rotatable bonds is 5. The SMILES string of the molecule is CCC(Oc1c(Br)cc(C=O)cc1Br)C(N)=O. The van der Waals surface area contributed by atoms with Crippen molar-refractivity contribution in [3.63, 3.8) is 0 Å². The molecule has 1 aromatic rings. The molecule has 6 heteroatoms. The normalized spacial score (nSPS) is 11.9. The smallest absolute Gasteiger partial charge is 0.258 e. The summed E-state index contributed by atoms with van der Waals surface area (Å²) in [5.41, 5.74) is 5.70. The summed E-state index contributed by atoms with van der Waals surface area (Å²) in [4.78, 5) is 21.7. The van der Waals surface area contributed by atoms with Crippen molar-refractivity contribution in [2.45, 2.75) is 19.4 Å². The molecular weight excluding hydrogens is 354 g/mol. The first-order chi connectivity index (χ1) is 7.99. The third kappa shape index (κ3) is 3.54. The van der Waals surface area contributed by atoms with E-state index in [0.717, 1.165) is 6.29 Å². The van der Waals surface area contributed by atoms with Crippen LogP contribution < -0.4 is 10.5 Å². The summed E-state index contributed by atoms with van der Waals surface area (Å²) >= 11 is 6.56. The number of hydrogen-bond acceptors (Lipinski definition) is 3. The fourth-order valence-electron chi connectivity index (χ4n) is 1.24. The van der Waals surface area contributed by atoms with Gasteiger partial charge in [0.05, 0.1) is 8.95 Å². The molecule has 0 aromatic heterocycles. The number of aldehydes is 1. The molecule has 17 heavy (non-hydrogen) atoms. The maximum atomic E-state index is 11.1. The molecule has 0 fully saturated rings. The Balaban J connectivity index is 3.06. The number of carbonyl (C=O) groups excluding carboxylic acids is 2. The number of nitrogens with two attached hydrogens (primary N) is 1. The third-order valence-corrected chi connectivity index (χ3v) is 3.28. The van der Waals surface area contributed by atoms with Gasteiger partial charge in [0.25, 0.3) is 5.91 Å². The summed E-state index contributed by atoms with van der Waals surface area (Å²) in [5, 5.41) is 0. The van der Waals surface area contributed by atoms with Crippen LogP contribution in [0.15, 0.2) is 21.1 Å². The van der Waals surface area contributed by atoms with E-state index < -0.39 is 12.0 Å². The Morgan fingerprint density at radius 3 is 2.35 bits per heavy atom. The zero-order chi connectivity index (χ0) is 13.0. The monoisotopic (exact) mass is 363 g/mol. The largest absolute Gasteiger partial charge is 0.478 e. The molecule has 1 rings (SSSR count). The topological polar surface area (TPSA) is 69.4 Å². The van der Waals surface area contributed by atoms with Gasteiger partial charge in [0.1, 0.15) is 12.0 Å². The molecule has 0 bridgehead atoms. The van der Waals surface area contributed by atoms with Gasteiger partial charge in [-0.15, -0.1) is 0 Å². The maximum Gasteiger partial charge on any atom is 0.258 e. The Morgan fingerprint density at radius 1 is 1.47 bits per heavy atom. The molecule has 0 saturated heterocycles. The van der Waals surface area contributed by atoms with Gasteiger partial charge in [0.2, 0.25) is 0 Å². The van der Waals surface area contributed by atoms with Crippen molar-refractivity contribution in [3.8, 4) is 5.75 Å². The van der Waals surface area contributed by atoms with Crippen LogP contribution in [-0.2, 0) is 4.79 Å². The lowest BCUT2D eigenvalue weighted by Gasteiger charge is -2.16. The lowest BCUT2D eigenvalue weighted by molar-refractivity contribution is -0.124. The molecule has 4 nitrogen and oxygen atoms in total. The van der Waals surface area contributed by atoms with Gasteiger partial charge >= 0.3 is 0 Å². The molecule has 0 saturated carbocycles. The number of primary amides is 1. The van der Waals surface area contributed by atoms with E-state index in [2.05, 4.69) is 31.9 Å². The summed E-state index contributed by atoms with van der Waals surface area (Å²) < 4.78 is 6.68. The van der Waals surface area contributed by atoms with Gasteiger partial charge < -0.3 is 10.5 Å². The third-order valence-electron chi connectivity index (χ3n) is 2.10. The predicted molar refractivity (Wildman–Crippen MR) is 71.1 cm³/mol. The first-order valence-electron chi connectivity index (χ1n) is 4.89.